The lowest BCUT2D eigenvalue weighted by atomic mass is 10.1. The molecule has 1 saturated heterocycles. The molecule has 3 aliphatic heterocycles. The van der Waals surface area contributed by atoms with Gasteiger partial charge in [-0.05, 0) is 12.5 Å². The number of nitrogens with zero attached hydrogens (tertiary/aromatic N) is 3. The molecule has 22 heavy (non-hydrogen) atoms. The van der Waals surface area contributed by atoms with Crippen molar-refractivity contribution in [3.8, 4) is 0 Å². The fourth-order valence-corrected chi connectivity index (χ4v) is 3.27. The van der Waals surface area contributed by atoms with E-state index in [2.05, 4.69) is 52.5 Å². The number of rotatable bonds is 1. The maximum absolute atomic E-state index is 5.47. The third-order valence-corrected chi connectivity index (χ3v) is 4.50. The fraction of sp³-hybridized carbons (Fsp3) is 0.471. The minimum Gasteiger partial charge on any atom is -0.387 e. The van der Waals surface area contributed by atoms with E-state index in [1.54, 1.807) is 0 Å². The van der Waals surface area contributed by atoms with Crippen molar-refractivity contribution in [2.24, 2.45) is 4.99 Å². The maximum Gasteiger partial charge on any atom is 0.151 e. The van der Waals surface area contributed by atoms with E-state index in [0.29, 0.717) is 0 Å². The number of nitrogens with one attached hydrogen (secondary N) is 1. The summed E-state index contributed by atoms with van der Waals surface area (Å²) in [5, 5.41) is 3.36. The zero-order chi connectivity index (χ0) is 14.9. The van der Waals surface area contributed by atoms with Crippen LogP contribution in [0.5, 0.6) is 0 Å². The van der Waals surface area contributed by atoms with Crippen LogP contribution in [0.2, 0.25) is 0 Å². The van der Waals surface area contributed by atoms with Crippen LogP contribution >= 0.6 is 0 Å². The van der Waals surface area contributed by atoms with Crippen LogP contribution < -0.4 is 5.32 Å². The zero-order valence-corrected chi connectivity index (χ0v) is 13.0. The molecular formula is C17H22N4O. The van der Waals surface area contributed by atoms with Crippen molar-refractivity contribution in [2.75, 3.05) is 39.4 Å². The molecular weight excluding hydrogens is 276 g/mol. The van der Waals surface area contributed by atoms with E-state index in [1.807, 2.05) is 0 Å². The molecule has 5 heteroatoms. The lowest BCUT2D eigenvalue weighted by molar-refractivity contribution is 0.0680. The van der Waals surface area contributed by atoms with Gasteiger partial charge in [0.25, 0.3) is 0 Å². The minimum absolute atomic E-state index is 0.104. The first-order chi connectivity index (χ1) is 10.8. The second-order valence-corrected chi connectivity index (χ2v) is 6.01. The number of fused-ring (bicyclic) bond motifs is 1. The summed E-state index contributed by atoms with van der Waals surface area (Å²) >= 11 is 0. The van der Waals surface area contributed by atoms with Gasteiger partial charge >= 0.3 is 0 Å². The Morgan fingerprint density at radius 1 is 1.14 bits per heavy atom. The van der Waals surface area contributed by atoms with Gasteiger partial charge < -0.3 is 19.9 Å². The fourth-order valence-electron chi connectivity index (χ4n) is 3.27. The van der Waals surface area contributed by atoms with E-state index in [-0.39, 0.29) is 6.17 Å². The second-order valence-electron chi connectivity index (χ2n) is 6.01. The van der Waals surface area contributed by atoms with Crippen molar-refractivity contribution >= 4 is 5.84 Å². The first-order valence-corrected chi connectivity index (χ1v) is 8.00. The van der Waals surface area contributed by atoms with Crippen molar-refractivity contribution < 1.29 is 4.74 Å². The molecule has 1 aromatic rings. The van der Waals surface area contributed by atoms with Crippen LogP contribution in [0.25, 0.3) is 0 Å². The molecule has 1 unspecified atom stereocenters. The van der Waals surface area contributed by atoms with E-state index in [0.717, 1.165) is 45.2 Å². The summed E-state index contributed by atoms with van der Waals surface area (Å²) in [6.45, 7) is 7.50. The normalized spacial score (nSPS) is 24.5. The highest BCUT2D eigenvalue weighted by molar-refractivity contribution is 5.99. The van der Waals surface area contributed by atoms with Gasteiger partial charge in [0, 0.05) is 32.4 Å². The predicted molar refractivity (Wildman–Crippen MR) is 86.5 cm³/mol. The number of amidine groups is 1. The van der Waals surface area contributed by atoms with E-state index in [1.165, 1.54) is 16.8 Å². The number of hydrogen-bond acceptors (Lipinski definition) is 5. The average Bonchev–Trinajstić information content (AvgIpc) is 2.96. The Bertz CT molecular complexity index is 602. The molecule has 0 aromatic heterocycles. The van der Waals surface area contributed by atoms with Gasteiger partial charge in [0.15, 0.2) is 5.84 Å². The molecule has 116 valence electrons. The van der Waals surface area contributed by atoms with E-state index >= 15 is 0 Å². The molecule has 1 atom stereocenters. The minimum atomic E-state index is 0.104. The van der Waals surface area contributed by atoms with Gasteiger partial charge in [-0.2, -0.15) is 0 Å². The number of benzene rings is 1. The van der Waals surface area contributed by atoms with Gasteiger partial charge in [0.1, 0.15) is 6.17 Å². The molecule has 5 nitrogen and oxygen atoms in total. The van der Waals surface area contributed by atoms with Crippen LogP contribution in [0.1, 0.15) is 17.3 Å². The highest BCUT2D eigenvalue weighted by atomic mass is 16.5. The molecule has 3 aliphatic rings. The summed E-state index contributed by atoms with van der Waals surface area (Å²) in [6.07, 6.45) is 2.22. The third kappa shape index (κ3) is 2.35. The summed E-state index contributed by atoms with van der Waals surface area (Å²) in [5.74, 6) is 1.11. The lowest BCUT2D eigenvalue weighted by Crippen LogP contribution is -2.44. The monoisotopic (exact) mass is 298 g/mol. The van der Waals surface area contributed by atoms with Crippen molar-refractivity contribution in [2.45, 2.75) is 13.1 Å². The average molecular weight is 298 g/mol. The highest BCUT2D eigenvalue weighted by Gasteiger charge is 2.35. The maximum atomic E-state index is 5.47. The topological polar surface area (TPSA) is 40.1 Å². The number of morpholine rings is 1. The molecule has 1 aromatic carbocycles. The molecule has 0 saturated carbocycles. The first-order valence-electron chi connectivity index (χ1n) is 8.00. The van der Waals surface area contributed by atoms with Crippen molar-refractivity contribution in [3.05, 3.63) is 47.3 Å². The van der Waals surface area contributed by atoms with Gasteiger partial charge in [-0.1, -0.05) is 29.8 Å². The highest BCUT2D eigenvalue weighted by Crippen LogP contribution is 2.34. The zero-order valence-electron chi connectivity index (χ0n) is 13.0. The number of hydrogen-bond donors (Lipinski definition) is 1. The van der Waals surface area contributed by atoms with Gasteiger partial charge in [0.05, 0.1) is 18.9 Å². The molecule has 3 heterocycles. The van der Waals surface area contributed by atoms with Crippen LogP contribution in [0.15, 0.2) is 41.2 Å². The first kappa shape index (κ1) is 13.6. The van der Waals surface area contributed by atoms with Gasteiger partial charge in [-0.15, -0.1) is 0 Å². The summed E-state index contributed by atoms with van der Waals surface area (Å²) in [4.78, 5) is 9.82. The number of aryl methyl sites for hydroxylation is 1. The Morgan fingerprint density at radius 3 is 2.68 bits per heavy atom. The van der Waals surface area contributed by atoms with Crippen LogP contribution in [-0.4, -0.2) is 55.0 Å². The molecule has 1 fully saturated rings. The van der Waals surface area contributed by atoms with Gasteiger partial charge in [-0.3, -0.25) is 0 Å². The third-order valence-electron chi connectivity index (χ3n) is 4.50. The Kier molecular flexibility index (Phi) is 3.50. The summed E-state index contributed by atoms with van der Waals surface area (Å²) in [6, 6.07) is 8.74. The molecule has 0 amide bonds. The molecule has 4 rings (SSSR count). The van der Waals surface area contributed by atoms with E-state index < -0.39 is 0 Å². The molecule has 1 N–H and O–H groups in total. The SMILES string of the molecule is Cc1ccc(C2N=C(N3CCOCC3)C3=CNCCN32)cc1. The molecule has 0 radical (unpaired) electrons. The van der Waals surface area contributed by atoms with Crippen molar-refractivity contribution in [3.63, 3.8) is 0 Å². The Labute approximate surface area is 131 Å². The van der Waals surface area contributed by atoms with Crippen molar-refractivity contribution in [1.29, 1.82) is 0 Å². The number of aliphatic imine (C=N–C) groups is 1. The van der Waals surface area contributed by atoms with E-state index in [4.69, 9.17) is 9.73 Å². The quantitative estimate of drug-likeness (QED) is 0.853. The van der Waals surface area contributed by atoms with Crippen LogP contribution in [0.4, 0.5) is 0 Å². The largest absolute Gasteiger partial charge is 0.387 e. The van der Waals surface area contributed by atoms with Crippen LogP contribution in [0.3, 0.4) is 0 Å². The standard InChI is InChI=1S/C17H22N4O/c1-13-2-4-14(5-3-13)16-19-17(20-8-10-22-11-9-20)15-12-18-6-7-21(15)16/h2-5,12,16,18H,6-11H2,1H3. The van der Waals surface area contributed by atoms with Gasteiger partial charge in [-0.25, -0.2) is 4.99 Å². The molecule has 0 bridgehead atoms. The Hall–Kier alpha value is -2.01. The van der Waals surface area contributed by atoms with Crippen molar-refractivity contribution in [1.82, 2.24) is 15.1 Å². The second kappa shape index (κ2) is 5.65. The van der Waals surface area contributed by atoms with Gasteiger partial charge in [0.2, 0.25) is 0 Å². The Balaban J connectivity index is 1.68. The van der Waals surface area contributed by atoms with Crippen LogP contribution in [-0.2, 0) is 4.74 Å². The van der Waals surface area contributed by atoms with Crippen LogP contribution in [0, 0.1) is 6.92 Å². The predicted octanol–water partition coefficient (Wildman–Crippen LogP) is 1.48. The Morgan fingerprint density at radius 2 is 1.91 bits per heavy atom. The molecule has 0 aliphatic carbocycles. The summed E-state index contributed by atoms with van der Waals surface area (Å²) < 4.78 is 5.47. The smallest absolute Gasteiger partial charge is 0.151 e. The van der Waals surface area contributed by atoms with E-state index in [9.17, 15) is 0 Å². The number of ether oxygens (including phenoxy) is 1. The lowest BCUT2D eigenvalue weighted by Gasteiger charge is -2.33. The summed E-state index contributed by atoms with van der Waals surface area (Å²) in [7, 11) is 0. The summed E-state index contributed by atoms with van der Waals surface area (Å²) in [5.41, 5.74) is 3.77. The molecule has 0 spiro atoms.